The fourth-order valence-corrected chi connectivity index (χ4v) is 2.47. The van der Waals surface area contributed by atoms with E-state index in [1.54, 1.807) is 19.2 Å². The van der Waals surface area contributed by atoms with Crippen molar-refractivity contribution in [2.45, 2.75) is 19.8 Å². The number of phenols is 1. The molecule has 0 atom stereocenters. The van der Waals surface area contributed by atoms with Crippen LogP contribution >= 0.6 is 0 Å². The number of nitrogens with one attached hydrogen (secondary N) is 2. The minimum absolute atomic E-state index is 0.303. The molecule has 0 saturated carbocycles. The van der Waals surface area contributed by atoms with E-state index in [0.29, 0.717) is 12.3 Å². The van der Waals surface area contributed by atoms with Crippen molar-refractivity contribution in [2.24, 2.45) is 4.99 Å². The maximum atomic E-state index is 9.50. The quantitative estimate of drug-likeness (QED) is 0.510. The second-order valence-corrected chi connectivity index (χ2v) is 5.71. The number of hydrogen-bond donors (Lipinski definition) is 3. The SMILES string of the molecule is CCNC(=NCCc1ccc(OC)cc1)NCCc1cccc(O)c1. The number of rotatable bonds is 8. The highest BCUT2D eigenvalue weighted by Crippen LogP contribution is 2.12. The lowest BCUT2D eigenvalue weighted by molar-refractivity contribution is 0.414. The summed E-state index contributed by atoms with van der Waals surface area (Å²) in [5.41, 5.74) is 2.33. The van der Waals surface area contributed by atoms with Crippen LogP contribution in [0.5, 0.6) is 11.5 Å². The highest BCUT2D eigenvalue weighted by atomic mass is 16.5. The molecule has 2 aromatic carbocycles. The molecule has 25 heavy (non-hydrogen) atoms. The van der Waals surface area contributed by atoms with Gasteiger partial charge in [-0.2, -0.15) is 0 Å². The Morgan fingerprint density at radius 1 is 1.04 bits per heavy atom. The van der Waals surface area contributed by atoms with Crippen LogP contribution in [-0.2, 0) is 12.8 Å². The Balaban J connectivity index is 1.80. The van der Waals surface area contributed by atoms with Gasteiger partial charge in [0.25, 0.3) is 0 Å². The highest BCUT2D eigenvalue weighted by molar-refractivity contribution is 5.79. The molecule has 5 heteroatoms. The van der Waals surface area contributed by atoms with E-state index >= 15 is 0 Å². The summed E-state index contributed by atoms with van der Waals surface area (Å²) in [4.78, 5) is 4.61. The van der Waals surface area contributed by atoms with Gasteiger partial charge in [0.2, 0.25) is 0 Å². The van der Waals surface area contributed by atoms with Crippen molar-refractivity contribution in [2.75, 3.05) is 26.7 Å². The zero-order valence-electron chi connectivity index (χ0n) is 15.0. The molecule has 0 spiro atoms. The second kappa shape index (κ2) is 10.2. The molecule has 0 saturated heterocycles. The highest BCUT2D eigenvalue weighted by Gasteiger charge is 1.99. The minimum Gasteiger partial charge on any atom is -0.508 e. The first-order valence-electron chi connectivity index (χ1n) is 8.64. The van der Waals surface area contributed by atoms with E-state index < -0.39 is 0 Å². The number of benzene rings is 2. The summed E-state index contributed by atoms with van der Waals surface area (Å²) in [7, 11) is 1.67. The third-order valence-electron chi connectivity index (χ3n) is 3.79. The van der Waals surface area contributed by atoms with Crippen molar-refractivity contribution in [3.05, 3.63) is 59.7 Å². The van der Waals surface area contributed by atoms with Crippen LogP contribution in [0, 0.1) is 0 Å². The van der Waals surface area contributed by atoms with Crippen molar-refractivity contribution < 1.29 is 9.84 Å². The van der Waals surface area contributed by atoms with Crippen molar-refractivity contribution in [1.29, 1.82) is 0 Å². The average molecular weight is 341 g/mol. The lowest BCUT2D eigenvalue weighted by atomic mass is 10.1. The number of methoxy groups -OCH3 is 1. The normalized spacial score (nSPS) is 11.2. The van der Waals surface area contributed by atoms with Gasteiger partial charge < -0.3 is 20.5 Å². The van der Waals surface area contributed by atoms with Gasteiger partial charge in [-0.1, -0.05) is 24.3 Å². The molecular weight excluding hydrogens is 314 g/mol. The molecular formula is C20H27N3O2. The van der Waals surface area contributed by atoms with E-state index in [1.807, 2.05) is 24.3 Å². The molecule has 0 bridgehead atoms. The zero-order chi connectivity index (χ0) is 17.9. The third kappa shape index (κ3) is 6.75. The average Bonchev–Trinajstić information content (AvgIpc) is 2.62. The molecule has 0 amide bonds. The second-order valence-electron chi connectivity index (χ2n) is 5.71. The molecule has 3 N–H and O–H groups in total. The summed E-state index contributed by atoms with van der Waals surface area (Å²) in [6, 6.07) is 15.4. The summed E-state index contributed by atoms with van der Waals surface area (Å²) < 4.78 is 5.17. The predicted molar refractivity (Wildman–Crippen MR) is 102 cm³/mol. The Kier molecular flexibility index (Phi) is 7.63. The fourth-order valence-electron chi connectivity index (χ4n) is 2.47. The Morgan fingerprint density at radius 2 is 1.84 bits per heavy atom. The summed E-state index contributed by atoms with van der Waals surface area (Å²) >= 11 is 0. The molecule has 0 heterocycles. The number of phenolic OH excluding ortho intramolecular Hbond substituents is 1. The molecule has 0 radical (unpaired) electrons. The Labute approximate surface area is 149 Å². The molecule has 5 nitrogen and oxygen atoms in total. The number of guanidine groups is 1. The number of aliphatic imine (C=N–C) groups is 1. The van der Waals surface area contributed by atoms with Gasteiger partial charge >= 0.3 is 0 Å². The van der Waals surface area contributed by atoms with E-state index in [2.05, 4.69) is 34.7 Å². The predicted octanol–water partition coefficient (Wildman–Crippen LogP) is 2.74. The van der Waals surface area contributed by atoms with E-state index in [9.17, 15) is 5.11 Å². The van der Waals surface area contributed by atoms with Gasteiger partial charge in [0.1, 0.15) is 11.5 Å². The van der Waals surface area contributed by atoms with Crippen LogP contribution in [-0.4, -0.2) is 37.8 Å². The van der Waals surface area contributed by atoms with Crippen LogP contribution < -0.4 is 15.4 Å². The topological polar surface area (TPSA) is 65.9 Å². The van der Waals surface area contributed by atoms with Crippen LogP contribution in [0.4, 0.5) is 0 Å². The Hall–Kier alpha value is -2.69. The van der Waals surface area contributed by atoms with Gasteiger partial charge in [-0.05, 0) is 55.2 Å². The maximum absolute atomic E-state index is 9.50. The zero-order valence-corrected chi connectivity index (χ0v) is 15.0. The summed E-state index contributed by atoms with van der Waals surface area (Å²) in [6.45, 7) is 4.35. The molecule has 2 aromatic rings. The van der Waals surface area contributed by atoms with Crippen LogP contribution in [0.1, 0.15) is 18.1 Å². The number of hydrogen-bond acceptors (Lipinski definition) is 3. The first-order chi connectivity index (χ1) is 12.2. The summed E-state index contributed by atoms with van der Waals surface area (Å²) in [5, 5.41) is 16.1. The van der Waals surface area contributed by atoms with E-state index in [1.165, 1.54) is 5.56 Å². The van der Waals surface area contributed by atoms with Crippen LogP contribution in [0.25, 0.3) is 0 Å². The first kappa shape index (κ1) is 18.6. The third-order valence-corrected chi connectivity index (χ3v) is 3.79. The van der Waals surface area contributed by atoms with Crippen molar-refractivity contribution >= 4 is 5.96 Å². The van der Waals surface area contributed by atoms with Gasteiger partial charge in [-0.15, -0.1) is 0 Å². The number of aromatic hydroxyl groups is 1. The summed E-state index contributed by atoms with van der Waals surface area (Å²) in [6.07, 6.45) is 1.71. The minimum atomic E-state index is 0.303. The van der Waals surface area contributed by atoms with Crippen LogP contribution in [0.3, 0.4) is 0 Å². The molecule has 0 unspecified atom stereocenters. The summed E-state index contributed by atoms with van der Waals surface area (Å²) in [5.74, 6) is 1.99. The molecule has 0 fully saturated rings. The maximum Gasteiger partial charge on any atom is 0.191 e. The van der Waals surface area contributed by atoms with Gasteiger partial charge in [-0.25, -0.2) is 0 Å². The van der Waals surface area contributed by atoms with E-state index in [4.69, 9.17) is 4.74 Å². The molecule has 0 aromatic heterocycles. The molecule has 134 valence electrons. The molecule has 0 aliphatic heterocycles. The number of ether oxygens (including phenoxy) is 1. The van der Waals surface area contributed by atoms with Gasteiger partial charge in [0.15, 0.2) is 5.96 Å². The Morgan fingerprint density at radius 3 is 2.52 bits per heavy atom. The van der Waals surface area contributed by atoms with E-state index in [0.717, 1.165) is 43.2 Å². The molecule has 0 aliphatic rings. The largest absolute Gasteiger partial charge is 0.508 e. The van der Waals surface area contributed by atoms with Crippen molar-refractivity contribution in [1.82, 2.24) is 10.6 Å². The van der Waals surface area contributed by atoms with E-state index in [-0.39, 0.29) is 0 Å². The van der Waals surface area contributed by atoms with Crippen molar-refractivity contribution in [3.8, 4) is 11.5 Å². The molecule has 2 rings (SSSR count). The number of nitrogens with zero attached hydrogens (tertiary/aromatic N) is 1. The fraction of sp³-hybridized carbons (Fsp3) is 0.350. The van der Waals surface area contributed by atoms with Crippen LogP contribution in [0.15, 0.2) is 53.5 Å². The monoisotopic (exact) mass is 341 g/mol. The standard InChI is InChI=1S/C20H27N3O2/c1-3-21-20(23-14-12-17-5-4-6-18(24)15-17)22-13-11-16-7-9-19(25-2)10-8-16/h4-10,15,24H,3,11-14H2,1-2H3,(H2,21,22,23). The van der Waals surface area contributed by atoms with Gasteiger partial charge in [0, 0.05) is 19.6 Å². The smallest absolute Gasteiger partial charge is 0.191 e. The van der Waals surface area contributed by atoms with Gasteiger partial charge in [0.05, 0.1) is 7.11 Å². The first-order valence-corrected chi connectivity index (χ1v) is 8.64. The van der Waals surface area contributed by atoms with Crippen LogP contribution in [0.2, 0.25) is 0 Å². The lowest BCUT2D eigenvalue weighted by Crippen LogP contribution is -2.38. The lowest BCUT2D eigenvalue weighted by Gasteiger charge is -2.11. The Bertz CT molecular complexity index is 669. The van der Waals surface area contributed by atoms with Crippen molar-refractivity contribution in [3.63, 3.8) is 0 Å². The van der Waals surface area contributed by atoms with Gasteiger partial charge in [-0.3, -0.25) is 4.99 Å². The molecule has 0 aliphatic carbocycles.